The highest BCUT2D eigenvalue weighted by molar-refractivity contribution is 5.77. The van der Waals surface area contributed by atoms with Gasteiger partial charge in [0.25, 0.3) is 0 Å². The van der Waals surface area contributed by atoms with Crippen molar-refractivity contribution in [2.45, 2.75) is 20.0 Å². The number of phenols is 1. The van der Waals surface area contributed by atoms with Crippen molar-refractivity contribution in [3.05, 3.63) is 24.3 Å². The molecule has 1 saturated heterocycles. The fourth-order valence-corrected chi connectivity index (χ4v) is 2.21. The van der Waals surface area contributed by atoms with Crippen molar-refractivity contribution in [2.75, 3.05) is 37.7 Å². The van der Waals surface area contributed by atoms with E-state index in [0.29, 0.717) is 13.1 Å². The molecular formula is C15H22N2O3. The third-order valence-corrected chi connectivity index (χ3v) is 3.39. The Balaban J connectivity index is 1.83. The van der Waals surface area contributed by atoms with Gasteiger partial charge in [0.2, 0.25) is 5.91 Å². The second-order valence-corrected chi connectivity index (χ2v) is 5.24. The molecular weight excluding hydrogens is 256 g/mol. The molecule has 1 aromatic rings. The first-order valence-corrected chi connectivity index (χ1v) is 6.99. The summed E-state index contributed by atoms with van der Waals surface area (Å²) in [6, 6.07) is 7.16. The first-order chi connectivity index (χ1) is 9.56. The van der Waals surface area contributed by atoms with Crippen molar-refractivity contribution < 1.29 is 14.6 Å². The van der Waals surface area contributed by atoms with Crippen LogP contribution >= 0.6 is 0 Å². The van der Waals surface area contributed by atoms with Gasteiger partial charge in [0, 0.05) is 31.9 Å². The molecule has 0 unspecified atom stereocenters. The van der Waals surface area contributed by atoms with Gasteiger partial charge in [-0.1, -0.05) is 0 Å². The third kappa shape index (κ3) is 3.87. The molecule has 0 aliphatic carbocycles. The van der Waals surface area contributed by atoms with E-state index in [1.807, 2.05) is 30.9 Å². The molecule has 0 saturated carbocycles. The summed E-state index contributed by atoms with van der Waals surface area (Å²) in [5.41, 5.74) is 1.08. The number of nitrogens with zero attached hydrogens (tertiary/aromatic N) is 2. The minimum absolute atomic E-state index is 0.0593. The van der Waals surface area contributed by atoms with Crippen LogP contribution in [0.4, 0.5) is 5.69 Å². The first kappa shape index (κ1) is 14.7. The Hall–Kier alpha value is -1.75. The van der Waals surface area contributed by atoms with Gasteiger partial charge in [-0.15, -0.1) is 0 Å². The van der Waals surface area contributed by atoms with Crippen LogP contribution in [0.1, 0.15) is 13.8 Å². The Morgan fingerprint density at radius 2 is 1.80 bits per heavy atom. The lowest BCUT2D eigenvalue weighted by Gasteiger charge is -2.36. The average molecular weight is 278 g/mol. The molecule has 5 heteroatoms. The molecule has 1 aliphatic rings. The molecule has 0 aromatic heterocycles. The first-order valence-electron chi connectivity index (χ1n) is 6.99. The molecule has 20 heavy (non-hydrogen) atoms. The summed E-state index contributed by atoms with van der Waals surface area (Å²) < 4.78 is 5.35. The van der Waals surface area contributed by atoms with Crippen LogP contribution in [0.3, 0.4) is 0 Å². The highest BCUT2D eigenvalue weighted by Crippen LogP contribution is 2.19. The molecule has 1 aliphatic heterocycles. The molecule has 5 nitrogen and oxygen atoms in total. The molecule has 1 N–H and O–H groups in total. The zero-order valence-electron chi connectivity index (χ0n) is 12.1. The molecule has 1 heterocycles. The van der Waals surface area contributed by atoms with Gasteiger partial charge in [0.1, 0.15) is 12.4 Å². The van der Waals surface area contributed by atoms with Crippen LogP contribution < -0.4 is 4.90 Å². The van der Waals surface area contributed by atoms with Gasteiger partial charge in [-0.05, 0) is 38.1 Å². The quantitative estimate of drug-likeness (QED) is 0.906. The van der Waals surface area contributed by atoms with Crippen LogP contribution in [0.25, 0.3) is 0 Å². The zero-order chi connectivity index (χ0) is 14.5. The second kappa shape index (κ2) is 6.61. The molecule has 0 bridgehead atoms. The Kier molecular flexibility index (Phi) is 4.84. The zero-order valence-corrected chi connectivity index (χ0v) is 12.1. The summed E-state index contributed by atoms with van der Waals surface area (Å²) in [7, 11) is 0. The van der Waals surface area contributed by atoms with E-state index in [1.54, 1.807) is 12.1 Å². The van der Waals surface area contributed by atoms with Crippen LogP contribution in [0.2, 0.25) is 0 Å². The van der Waals surface area contributed by atoms with E-state index in [0.717, 1.165) is 18.8 Å². The second-order valence-electron chi connectivity index (χ2n) is 5.24. The van der Waals surface area contributed by atoms with Crippen molar-refractivity contribution >= 4 is 11.6 Å². The Bertz CT molecular complexity index is 437. The number of phenolic OH excluding ortho intramolecular Hbond substituents is 1. The fourth-order valence-electron chi connectivity index (χ4n) is 2.21. The minimum Gasteiger partial charge on any atom is -0.508 e. The van der Waals surface area contributed by atoms with Crippen LogP contribution in [0, 0.1) is 0 Å². The van der Waals surface area contributed by atoms with Crippen molar-refractivity contribution in [1.29, 1.82) is 0 Å². The normalized spacial score (nSPS) is 15.8. The van der Waals surface area contributed by atoms with E-state index in [4.69, 9.17) is 4.74 Å². The van der Waals surface area contributed by atoms with Crippen molar-refractivity contribution in [3.8, 4) is 5.75 Å². The van der Waals surface area contributed by atoms with Gasteiger partial charge < -0.3 is 19.6 Å². The van der Waals surface area contributed by atoms with E-state index >= 15 is 0 Å². The molecule has 2 rings (SSSR count). The molecule has 1 fully saturated rings. The highest BCUT2D eigenvalue weighted by atomic mass is 16.5. The van der Waals surface area contributed by atoms with E-state index in [9.17, 15) is 9.90 Å². The number of carbonyl (C=O) groups is 1. The van der Waals surface area contributed by atoms with Crippen LogP contribution in [-0.2, 0) is 9.53 Å². The lowest BCUT2D eigenvalue weighted by molar-refractivity contribution is -0.137. The molecule has 1 aromatic carbocycles. The summed E-state index contributed by atoms with van der Waals surface area (Å²) in [5, 5.41) is 9.29. The van der Waals surface area contributed by atoms with Gasteiger partial charge in [0.15, 0.2) is 0 Å². The Morgan fingerprint density at radius 3 is 2.35 bits per heavy atom. The molecule has 110 valence electrons. The SMILES string of the molecule is CC(C)OCC(=O)N1CCN(c2ccc(O)cc2)CC1. The van der Waals surface area contributed by atoms with Crippen molar-refractivity contribution in [1.82, 2.24) is 4.90 Å². The molecule has 0 radical (unpaired) electrons. The number of rotatable bonds is 4. The fraction of sp³-hybridized carbons (Fsp3) is 0.533. The number of aromatic hydroxyl groups is 1. The number of ether oxygens (including phenoxy) is 1. The number of anilines is 1. The Morgan fingerprint density at radius 1 is 1.20 bits per heavy atom. The predicted octanol–water partition coefficient (Wildman–Crippen LogP) is 1.47. The molecule has 1 amide bonds. The predicted molar refractivity (Wildman–Crippen MR) is 78.0 cm³/mol. The van der Waals surface area contributed by atoms with Crippen LogP contribution in [0.15, 0.2) is 24.3 Å². The summed E-state index contributed by atoms with van der Waals surface area (Å²) in [6.45, 7) is 7.04. The maximum atomic E-state index is 11.9. The summed E-state index contributed by atoms with van der Waals surface area (Å²) in [5.74, 6) is 0.331. The highest BCUT2D eigenvalue weighted by Gasteiger charge is 2.21. The van der Waals surface area contributed by atoms with Crippen molar-refractivity contribution in [2.24, 2.45) is 0 Å². The number of piperazine rings is 1. The standard InChI is InChI=1S/C15H22N2O3/c1-12(2)20-11-15(19)17-9-7-16(8-10-17)13-3-5-14(18)6-4-13/h3-6,12,18H,7-11H2,1-2H3. The lowest BCUT2D eigenvalue weighted by atomic mass is 10.2. The maximum Gasteiger partial charge on any atom is 0.248 e. The molecule has 0 spiro atoms. The van der Waals surface area contributed by atoms with Gasteiger partial charge in [-0.2, -0.15) is 0 Å². The minimum atomic E-state index is 0.0593. The van der Waals surface area contributed by atoms with E-state index in [1.165, 1.54) is 0 Å². The maximum absolute atomic E-state index is 11.9. The third-order valence-electron chi connectivity index (χ3n) is 3.39. The smallest absolute Gasteiger partial charge is 0.248 e. The van der Waals surface area contributed by atoms with Crippen LogP contribution in [0.5, 0.6) is 5.75 Å². The van der Waals surface area contributed by atoms with Gasteiger partial charge >= 0.3 is 0 Å². The summed E-state index contributed by atoms with van der Waals surface area (Å²) in [6.07, 6.45) is 0.0808. The number of carbonyl (C=O) groups excluding carboxylic acids is 1. The van der Waals surface area contributed by atoms with Gasteiger partial charge in [0.05, 0.1) is 6.10 Å². The summed E-state index contributed by atoms with van der Waals surface area (Å²) in [4.78, 5) is 16.0. The van der Waals surface area contributed by atoms with Crippen molar-refractivity contribution in [3.63, 3.8) is 0 Å². The van der Waals surface area contributed by atoms with E-state index in [-0.39, 0.29) is 24.4 Å². The van der Waals surface area contributed by atoms with Gasteiger partial charge in [-0.25, -0.2) is 0 Å². The average Bonchev–Trinajstić information content (AvgIpc) is 2.46. The summed E-state index contributed by atoms with van der Waals surface area (Å²) >= 11 is 0. The monoisotopic (exact) mass is 278 g/mol. The number of benzene rings is 1. The van der Waals surface area contributed by atoms with E-state index < -0.39 is 0 Å². The number of amides is 1. The number of hydrogen-bond donors (Lipinski definition) is 1. The van der Waals surface area contributed by atoms with Crippen LogP contribution in [-0.4, -0.2) is 54.8 Å². The lowest BCUT2D eigenvalue weighted by Crippen LogP contribution is -2.49. The number of hydrogen-bond acceptors (Lipinski definition) is 4. The molecule has 0 atom stereocenters. The van der Waals surface area contributed by atoms with E-state index in [2.05, 4.69) is 4.90 Å². The Labute approximate surface area is 119 Å². The topological polar surface area (TPSA) is 53.0 Å². The van der Waals surface area contributed by atoms with Gasteiger partial charge in [-0.3, -0.25) is 4.79 Å². The largest absolute Gasteiger partial charge is 0.508 e.